The highest BCUT2D eigenvalue weighted by molar-refractivity contribution is 6.03. The normalized spacial score (nSPS) is 28.4. The molecule has 3 saturated heterocycles. The average Bonchev–Trinajstić information content (AvgIpc) is 3.77. The molecule has 0 radical (unpaired) electrons. The second-order valence-corrected chi connectivity index (χ2v) is 14.7. The van der Waals surface area contributed by atoms with Crippen LogP contribution >= 0.6 is 0 Å². The smallest absolute Gasteiger partial charge is 0.349 e. The highest BCUT2D eigenvalue weighted by Crippen LogP contribution is 2.64. The van der Waals surface area contributed by atoms with Crippen molar-refractivity contribution in [2.45, 2.75) is 63.6 Å². The first-order valence-electron chi connectivity index (χ1n) is 16.7. The molecule has 3 saturated carbocycles. The van der Waals surface area contributed by atoms with E-state index in [1.807, 2.05) is 0 Å². The lowest BCUT2D eigenvalue weighted by atomic mass is 9.60. The lowest BCUT2D eigenvalue weighted by Crippen LogP contribution is -2.56. The van der Waals surface area contributed by atoms with Crippen molar-refractivity contribution >= 4 is 27.5 Å². The molecule has 242 valence electrons. The minimum atomic E-state index is -0.893. The minimum Gasteiger partial charge on any atom is -0.508 e. The predicted octanol–water partition coefficient (Wildman–Crippen LogP) is 6.12. The van der Waals surface area contributed by atoms with Gasteiger partial charge in [0.05, 0.1) is 16.6 Å². The molecule has 0 amide bonds. The van der Waals surface area contributed by atoms with Gasteiger partial charge in [0.1, 0.15) is 35.5 Å². The number of benzene rings is 2. The fourth-order valence-electron chi connectivity index (χ4n) is 9.73. The van der Waals surface area contributed by atoms with E-state index in [0.29, 0.717) is 52.0 Å². The Bertz CT molecular complexity index is 2070. The second-order valence-electron chi connectivity index (χ2n) is 14.7. The Balaban J connectivity index is 1.18. The zero-order valence-corrected chi connectivity index (χ0v) is 26.3. The molecular weight excluding hydrogens is 602 g/mol. The Morgan fingerprint density at radius 2 is 1.98 bits per heavy atom. The molecule has 3 aliphatic heterocycles. The molecule has 1 N–H and O–H groups in total. The molecule has 6 aliphatic rings. The summed E-state index contributed by atoms with van der Waals surface area (Å²) in [5, 5.41) is 11.7. The van der Waals surface area contributed by atoms with Gasteiger partial charge in [0, 0.05) is 42.6 Å². The van der Waals surface area contributed by atoms with Crippen molar-refractivity contribution in [3.05, 3.63) is 51.6 Å². The summed E-state index contributed by atoms with van der Waals surface area (Å²) >= 11 is 0. The van der Waals surface area contributed by atoms with E-state index < -0.39 is 23.2 Å². The van der Waals surface area contributed by atoms with Gasteiger partial charge in [-0.1, -0.05) is 12.0 Å². The van der Waals surface area contributed by atoms with E-state index in [4.69, 9.17) is 25.5 Å². The van der Waals surface area contributed by atoms with Crippen LogP contribution in [0.15, 0.2) is 33.5 Å². The molecule has 2 atom stereocenters. The molecule has 3 aliphatic carbocycles. The highest BCUT2D eigenvalue weighted by Gasteiger charge is 2.57. The summed E-state index contributed by atoms with van der Waals surface area (Å²) < 4.78 is 41.8. The van der Waals surface area contributed by atoms with Crippen LogP contribution in [-0.4, -0.2) is 64.5 Å². The number of hydrogen-bond acceptors (Lipinski definition) is 8. The maximum absolute atomic E-state index is 14.9. The lowest BCUT2D eigenvalue weighted by molar-refractivity contribution is 0.0436. The number of anilines is 1. The third kappa shape index (κ3) is 4.24. The topological polar surface area (TPSA) is 91.9 Å². The monoisotopic (exact) mass is 638 g/mol. The Kier molecular flexibility index (Phi) is 6.24. The van der Waals surface area contributed by atoms with E-state index in [9.17, 15) is 18.7 Å². The van der Waals surface area contributed by atoms with Gasteiger partial charge in [-0.05, 0) is 92.8 Å². The zero-order valence-electron chi connectivity index (χ0n) is 26.3. The highest BCUT2D eigenvalue weighted by atomic mass is 19.1. The molecule has 2 aromatic carbocycles. The second kappa shape index (κ2) is 10.1. The predicted molar refractivity (Wildman–Crippen MR) is 174 cm³/mol. The molecular formula is C37H36F2N4O4. The first-order valence-corrected chi connectivity index (χ1v) is 16.7. The summed E-state index contributed by atoms with van der Waals surface area (Å²) in [4.78, 5) is 27.9. The fourth-order valence-corrected chi connectivity index (χ4v) is 9.73. The number of halogens is 2. The Morgan fingerprint density at radius 1 is 1.15 bits per heavy atom. The van der Waals surface area contributed by atoms with Gasteiger partial charge >= 0.3 is 11.6 Å². The van der Waals surface area contributed by atoms with Gasteiger partial charge in [0.25, 0.3) is 0 Å². The number of aromatic hydroxyl groups is 1. The maximum Gasteiger partial charge on any atom is 0.349 e. The number of rotatable bonds is 6. The first-order chi connectivity index (χ1) is 22.7. The summed E-state index contributed by atoms with van der Waals surface area (Å²) in [6.07, 6.45) is 12.3. The van der Waals surface area contributed by atoms with E-state index in [1.54, 1.807) is 6.92 Å². The van der Waals surface area contributed by atoms with Crippen LogP contribution in [0.25, 0.3) is 33.0 Å². The van der Waals surface area contributed by atoms with E-state index in [1.165, 1.54) is 49.9 Å². The van der Waals surface area contributed by atoms with Gasteiger partial charge in [0.2, 0.25) is 0 Å². The van der Waals surface area contributed by atoms with Gasteiger partial charge in [0.15, 0.2) is 5.82 Å². The van der Waals surface area contributed by atoms with Crippen molar-refractivity contribution in [2.75, 3.05) is 37.7 Å². The van der Waals surface area contributed by atoms with Gasteiger partial charge in [-0.25, -0.2) is 13.6 Å². The Labute approximate surface area is 270 Å². The third-order valence-electron chi connectivity index (χ3n) is 12.1. The van der Waals surface area contributed by atoms with Crippen LogP contribution in [0.2, 0.25) is 0 Å². The van der Waals surface area contributed by atoms with Crippen molar-refractivity contribution in [1.29, 1.82) is 0 Å². The number of aryl methyl sites for hydroxylation is 1. The summed E-state index contributed by atoms with van der Waals surface area (Å²) in [5.74, 6) is 3.76. The van der Waals surface area contributed by atoms with Gasteiger partial charge in [-0.2, -0.15) is 9.97 Å². The molecule has 2 aromatic heterocycles. The van der Waals surface area contributed by atoms with Crippen molar-refractivity contribution in [2.24, 2.45) is 17.3 Å². The van der Waals surface area contributed by atoms with Crippen LogP contribution in [0.5, 0.6) is 11.8 Å². The number of terminal acetylenes is 1. The molecule has 6 fully saturated rings. The summed E-state index contributed by atoms with van der Waals surface area (Å²) in [6.45, 7) is 4.86. The van der Waals surface area contributed by atoms with Crippen molar-refractivity contribution < 1.29 is 23.0 Å². The summed E-state index contributed by atoms with van der Waals surface area (Å²) in [7, 11) is 0. The molecule has 4 aromatic rings. The van der Waals surface area contributed by atoms with Crippen molar-refractivity contribution in [3.63, 3.8) is 0 Å². The molecule has 10 rings (SSSR count). The van der Waals surface area contributed by atoms with Crippen LogP contribution in [0, 0.1) is 42.3 Å². The number of aromatic nitrogens is 2. The van der Waals surface area contributed by atoms with Gasteiger partial charge in [-0.3, -0.25) is 4.90 Å². The number of fused-ring (bicyclic) bond motifs is 4. The third-order valence-corrected chi connectivity index (χ3v) is 12.1. The van der Waals surface area contributed by atoms with Crippen LogP contribution in [0.3, 0.4) is 0 Å². The largest absolute Gasteiger partial charge is 0.508 e. The number of nitrogens with zero attached hydrogens (tertiary/aromatic N) is 4. The Morgan fingerprint density at radius 3 is 2.74 bits per heavy atom. The lowest BCUT2D eigenvalue weighted by Gasteiger charge is -2.54. The van der Waals surface area contributed by atoms with Gasteiger partial charge < -0.3 is 19.2 Å². The van der Waals surface area contributed by atoms with E-state index in [2.05, 4.69) is 15.7 Å². The van der Waals surface area contributed by atoms with Gasteiger partial charge in [-0.15, -0.1) is 6.42 Å². The molecule has 5 heterocycles. The maximum atomic E-state index is 14.9. The van der Waals surface area contributed by atoms with E-state index in [0.717, 1.165) is 38.4 Å². The minimum absolute atomic E-state index is 0.00583. The molecule has 47 heavy (non-hydrogen) atoms. The van der Waals surface area contributed by atoms with Crippen LogP contribution in [0.4, 0.5) is 14.6 Å². The quantitative estimate of drug-likeness (QED) is 0.253. The summed E-state index contributed by atoms with van der Waals surface area (Å²) in [5.41, 5.74) is 0.531. The molecule has 0 spiro atoms. The number of alkyl halides is 1. The standard InChI is InChI=1S/C37H36F2N4O4/c1-3-26-28(39)6-5-22-11-25(44)12-27(29(22)26)32-20(2)31-30(34(45)47-32)33(42-16-23(17-42)36-9-7-21(13-36)14-36)41-35(40-31)46-19-37-8-4-10-43(37)18-24(38)15-37/h1,5-6,11-12,21,23-24,44H,4,7-10,13-19H2,2H3/t21?,24-,36?,37+/m1/s1. The SMILES string of the molecule is C#Cc1c(F)ccc2cc(O)cc(-c3oc(=O)c4c(N5CC(C67CCC(C6)C7)C5)nc(OC[C@@]56CCCN5C[C@H](F)C6)nc4c3C)c12. The average molecular weight is 639 g/mol. The van der Waals surface area contributed by atoms with Crippen LogP contribution in [-0.2, 0) is 0 Å². The Hall–Kier alpha value is -4.23. The van der Waals surface area contributed by atoms with Crippen molar-refractivity contribution in [3.8, 4) is 35.4 Å². The van der Waals surface area contributed by atoms with Crippen molar-refractivity contribution in [1.82, 2.24) is 14.9 Å². The zero-order chi connectivity index (χ0) is 32.2. The van der Waals surface area contributed by atoms with Crippen LogP contribution in [0.1, 0.15) is 56.1 Å². The number of ether oxygens (including phenoxy) is 1. The number of phenols is 1. The summed E-state index contributed by atoms with van der Waals surface area (Å²) in [6, 6.07) is 5.82. The molecule has 2 bridgehead atoms. The van der Waals surface area contributed by atoms with E-state index >= 15 is 0 Å². The number of hydrogen-bond donors (Lipinski definition) is 1. The first kappa shape index (κ1) is 29.0. The van der Waals surface area contributed by atoms with E-state index in [-0.39, 0.29) is 40.6 Å². The number of phenolic OH excluding ortho intramolecular Hbond substituents is 1. The molecule has 10 heteroatoms. The fraction of sp³-hybridized carbons (Fsp3) is 0.486. The van der Waals surface area contributed by atoms with Crippen LogP contribution < -0.4 is 15.3 Å². The molecule has 8 nitrogen and oxygen atoms in total. The molecule has 0 unspecified atom stereocenters.